The van der Waals surface area contributed by atoms with Crippen LogP contribution >= 0.6 is 0 Å². The summed E-state index contributed by atoms with van der Waals surface area (Å²) < 4.78 is 0. The van der Waals surface area contributed by atoms with Crippen LogP contribution in [0.15, 0.2) is 34.8 Å². The molecule has 0 aromatic carbocycles. The number of aliphatic hydroxyl groups is 1. The van der Waals surface area contributed by atoms with Gasteiger partial charge < -0.3 is 10.0 Å². The predicted octanol–water partition coefficient (Wildman–Crippen LogP) is 6.76. The molecule has 0 heterocycles. The first-order chi connectivity index (χ1) is 11.3. The third kappa shape index (κ3) is 6.75. The van der Waals surface area contributed by atoms with Crippen LogP contribution in [0.3, 0.4) is 0 Å². The molecule has 0 spiro atoms. The number of aliphatic hydroxyl groups excluding tert-OH is 1. The maximum Gasteiger partial charge on any atom is 0.118 e. The van der Waals surface area contributed by atoms with Crippen LogP contribution < -0.4 is 0 Å². The van der Waals surface area contributed by atoms with Gasteiger partial charge in [-0.15, -0.1) is 0 Å². The lowest BCUT2D eigenvalue weighted by Gasteiger charge is -2.29. The Bertz CT molecular complexity index is 467. The van der Waals surface area contributed by atoms with E-state index in [4.69, 9.17) is 0 Å². The van der Waals surface area contributed by atoms with Crippen molar-refractivity contribution in [3.05, 3.63) is 34.8 Å². The topological polar surface area (TPSA) is 23.5 Å². The Morgan fingerprint density at radius 1 is 1.04 bits per heavy atom. The summed E-state index contributed by atoms with van der Waals surface area (Å²) in [7, 11) is 0. The molecule has 0 aromatic rings. The van der Waals surface area contributed by atoms with Crippen molar-refractivity contribution in [2.45, 2.75) is 86.5 Å². The van der Waals surface area contributed by atoms with E-state index in [9.17, 15) is 5.11 Å². The molecule has 0 atom stereocenters. The smallest absolute Gasteiger partial charge is 0.118 e. The lowest BCUT2D eigenvalue weighted by atomic mass is 9.79. The molecule has 24 heavy (non-hydrogen) atoms. The molecule has 1 rings (SSSR count). The Morgan fingerprint density at radius 2 is 1.58 bits per heavy atom. The third-order valence-electron chi connectivity index (χ3n) is 4.71. The minimum atomic E-state index is -0.0277. The molecule has 0 unspecified atom stereocenters. The predicted molar refractivity (Wildman–Crippen MR) is 106 cm³/mol. The Labute approximate surface area is 150 Å². The van der Waals surface area contributed by atoms with Crippen molar-refractivity contribution in [2.75, 3.05) is 13.1 Å². The van der Waals surface area contributed by atoms with E-state index in [1.54, 1.807) is 0 Å². The number of unbranched alkanes of at least 4 members (excludes halogenated alkanes) is 4. The molecule has 2 nitrogen and oxygen atoms in total. The van der Waals surface area contributed by atoms with Crippen molar-refractivity contribution in [3.63, 3.8) is 0 Å². The van der Waals surface area contributed by atoms with Crippen molar-refractivity contribution >= 4 is 0 Å². The Hall–Kier alpha value is -1.18. The van der Waals surface area contributed by atoms with E-state index in [1.807, 2.05) is 0 Å². The van der Waals surface area contributed by atoms with Crippen LogP contribution in [0.1, 0.15) is 86.5 Å². The van der Waals surface area contributed by atoms with Crippen molar-refractivity contribution in [3.8, 4) is 0 Å². The van der Waals surface area contributed by atoms with E-state index in [0.29, 0.717) is 5.76 Å². The third-order valence-corrected chi connectivity index (χ3v) is 4.71. The van der Waals surface area contributed by atoms with Crippen LogP contribution in [-0.2, 0) is 0 Å². The molecule has 0 aliphatic heterocycles. The first kappa shape index (κ1) is 20.9. The van der Waals surface area contributed by atoms with Crippen molar-refractivity contribution < 1.29 is 5.11 Å². The first-order valence-corrected chi connectivity index (χ1v) is 9.85. The molecule has 1 aliphatic carbocycles. The number of allylic oxidation sites excluding steroid dienone is 4. The first-order valence-electron chi connectivity index (χ1n) is 9.85. The van der Waals surface area contributed by atoms with Crippen molar-refractivity contribution in [1.82, 2.24) is 4.90 Å². The number of rotatable bonds is 9. The fourth-order valence-corrected chi connectivity index (χ4v) is 3.18. The lowest BCUT2D eigenvalue weighted by Crippen LogP contribution is -2.22. The van der Waals surface area contributed by atoms with E-state index in [0.717, 1.165) is 30.7 Å². The average Bonchev–Trinajstić information content (AvgIpc) is 2.49. The van der Waals surface area contributed by atoms with Crippen LogP contribution in [-0.4, -0.2) is 23.1 Å². The maximum absolute atomic E-state index is 10.4. The van der Waals surface area contributed by atoms with Crippen LogP contribution in [0.4, 0.5) is 0 Å². The zero-order valence-electron chi connectivity index (χ0n) is 16.9. The summed E-state index contributed by atoms with van der Waals surface area (Å²) in [5.74, 6) is 0.503. The molecule has 0 saturated carbocycles. The Balaban J connectivity index is 2.92. The zero-order chi connectivity index (χ0) is 18.2. The van der Waals surface area contributed by atoms with Crippen LogP contribution in [0.5, 0.6) is 0 Å². The molecule has 1 N–H and O–H groups in total. The lowest BCUT2D eigenvalue weighted by molar-refractivity contribution is 0.349. The number of hydrogen-bond donors (Lipinski definition) is 1. The van der Waals surface area contributed by atoms with E-state index in [2.05, 4.69) is 58.7 Å². The minimum Gasteiger partial charge on any atom is -0.508 e. The van der Waals surface area contributed by atoms with Crippen LogP contribution in [0.2, 0.25) is 0 Å². The summed E-state index contributed by atoms with van der Waals surface area (Å²) in [5.41, 5.74) is 3.47. The fraction of sp³-hybridized carbons (Fsp3) is 0.727. The van der Waals surface area contributed by atoms with Gasteiger partial charge in [0.2, 0.25) is 0 Å². The monoisotopic (exact) mass is 333 g/mol. The van der Waals surface area contributed by atoms with E-state index in [1.165, 1.54) is 44.1 Å². The zero-order valence-corrected chi connectivity index (χ0v) is 16.9. The summed E-state index contributed by atoms with van der Waals surface area (Å²) in [4.78, 5) is 2.51. The summed E-state index contributed by atoms with van der Waals surface area (Å²) in [6.45, 7) is 15.4. The Morgan fingerprint density at radius 3 is 2.04 bits per heavy atom. The van der Waals surface area contributed by atoms with Gasteiger partial charge in [0.1, 0.15) is 5.76 Å². The van der Waals surface area contributed by atoms with E-state index in [-0.39, 0.29) is 5.41 Å². The van der Waals surface area contributed by atoms with Gasteiger partial charge in [-0.25, -0.2) is 0 Å². The van der Waals surface area contributed by atoms with Gasteiger partial charge in [0.25, 0.3) is 0 Å². The summed E-state index contributed by atoms with van der Waals surface area (Å²) in [5, 5.41) is 10.4. The van der Waals surface area contributed by atoms with Crippen molar-refractivity contribution in [1.29, 1.82) is 0 Å². The quantitative estimate of drug-likeness (QED) is 0.471. The highest BCUT2D eigenvalue weighted by molar-refractivity contribution is 5.45. The van der Waals surface area contributed by atoms with Gasteiger partial charge in [-0.2, -0.15) is 0 Å². The van der Waals surface area contributed by atoms with Gasteiger partial charge in [0, 0.05) is 19.3 Å². The summed E-state index contributed by atoms with van der Waals surface area (Å²) in [6, 6.07) is 0. The van der Waals surface area contributed by atoms with Gasteiger partial charge in [0.15, 0.2) is 0 Å². The molecule has 0 bridgehead atoms. The molecule has 0 amide bonds. The van der Waals surface area contributed by atoms with Crippen LogP contribution in [0, 0.1) is 5.41 Å². The second-order valence-corrected chi connectivity index (χ2v) is 8.27. The molecule has 138 valence electrons. The van der Waals surface area contributed by atoms with E-state index >= 15 is 0 Å². The maximum atomic E-state index is 10.4. The van der Waals surface area contributed by atoms with Crippen LogP contribution in [0.25, 0.3) is 0 Å². The minimum absolute atomic E-state index is 0.0277. The molecule has 2 heteroatoms. The molecular formula is C22H39NO. The molecule has 0 aromatic heterocycles. The van der Waals surface area contributed by atoms with Crippen molar-refractivity contribution in [2.24, 2.45) is 5.41 Å². The normalized spacial score (nSPS) is 17.4. The van der Waals surface area contributed by atoms with Gasteiger partial charge in [-0.05, 0) is 54.4 Å². The highest BCUT2D eigenvalue weighted by Crippen LogP contribution is 2.37. The second-order valence-electron chi connectivity index (χ2n) is 8.27. The second kappa shape index (κ2) is 9.96. The highest BCUT2D eigenvalue weighted by atomic mass is 16.3. The highest BCUT2D eigenvalue weighted by Gasteiger charge is 2.25. The Kier molecular flexibility index (Phi) is 8.66. The van der Waals surface area contributed by atoms with E-state index < -0.39 is 0 Å². The van der Waals surface area contributed by atoms with Gasteiger partial charge in [-0.3, -0.25) is 0 Å². The fourth-order valence-electron chi connectivity index (χ4n) is 3.18. The van der Waals surface area contributed by atoms with Gasteiger partial charge in [-0.1, -0.05) is 60.3 Å². The van der Waals surface area contributed by atoms with Gasteiger partial charge in [0.05, 0.1) is 0 Å². The summed E-state index contributed by atoms with van der Waals surface area (Å²) >= 11 is 0. The SMILES string of the molecule is CCCCCN(C=C1C=C(C(C)(C)C)C(O)=C(C)C1)CCCCC. The number of hydrogen-bond acceptors (Lipinski definition) is 2. The standard InChI is InChI=1S/C22H39NO/c1-7-9-11-13-23(14-12-10-8-2)17-19-15-18(3)21(24)20(16-19)22(4,5)6/h16-17,24H,7-15H2,1-6H3. The molecule has 1 aliphatic rings. The summed E-state index contributed by atoms with van der Waals surface area (Å²) in [6.07, 6.45) is 13.1. The molecule has 0 radical (unpaired) electrons. The number of nitrogens with zero attached hydrogens (tertiary/aromatic N) is 1. The largest absolute Gasteiger partial charge is 0.508 e. The molecule has 0 fully saturated rings. The molecule has 0 saturated heterocycles. The van der Waals surface area contributed by atoms with Gasteiger partial charge >= 0.3 is 0 Å². The molecular weight excluding hydrogens is 294 g/mol. The average molecular weight is 334 g/mol.